The normalized spacial score (nSPS) is 10.9. The summed E-state index contributed by atoms with van der Waals surface area (Å²) >= 11 is 0. The Kier molecular flexibility index (Phi) is 3.67. The van der Waals surface area contributed by atoms with E-state index >= 15 is 0 Å². The third-order valence-corrected chi connectivity index (χ3v) is 3.89. The van der Waals surface area contributed by atoms with Crippen molar-refractivity contribution >= 4 is 22.5 Å². The number of aromatic nitrogens is 1. The molecule has 0 unspecified atom stereocenters. The second-order valence-electron chi connectivity index (χ2n) is 5.28. The van der Waals surface area contributed by atoms with Crippen LogP contribution < -0.4 is 5.32 Å². The lowest BCUT2D eigenvalue weighted by Crippen LogP contribution is -2.14. The van der Waals surface area contributed by atoms with Crippen molar-refractivity contribution < 1.29 is 9.18 Å². The molecule has 1 amide bonds. The fourth-order valence-corrected chi connectivity index (χ4v) is 2.67. The fraction of sp³-hybridized carbons (Fsp3) is 0.167. The van der Waals surface area contributed by atoms with Gasteiger partial charge in [0.1, 0.15) is 11.5 Å². The average Bonchev–Trinajstić information content (AvgIpc) is 2.84. The average molecular weight is 296 g/mol. The molecular formula is C18H17FN2O. The van der Waals surface area contributed by atoms with Gasteiger partial charge < -0.3 is 10.3 Å². The maximum atomic E-state index is 13.3. The highest BCUT2D eigenvalue weighted by atomic mass is 19.1. The van der Waals surface area contributed by atoms with Crippen LogP contribution in [-0.4, -0.2) is 10.9 Å². The topological polar surface area (TPSA) is 44.9 Å². The highest BCUT2D eigenvalue weighted by molar-refractivity contribution is 6.08. The van der Waals surface area contributed by atoms with Crippen LogP contribution in [-0.2, 0) is 6.42 Å². The molecule has 1 aromatic heterocycles. The summed E-state index contributed by atoms with van der Waals surface area (Å²) in [5.74, 6) is -0.535. The lowest BCUT2D eigenvalue weighted by atomic mass is 10.1. The second kappa shape index (κ2) is 5.64. The lowest BCUT2D eigenvalue weighted by Gasteiger charge is -2.09. The number of carbonyl (C=O) groups excluding carboxylic acids is 1. The maximum absolute atomic E-state index is 13.3. The summed E-state index contributed by atoms with van der Waals surface area (Å²) in [7, 11) is 0. The van der Waals surface area contributed by atoms with E-state index in [1.807, 2.05) is 38.1 Å². The van der Waals surface area contributed by atoms with Gasteiger partial charge in [0.25, 0.3) is 5.91 Å². The van der Waals surface area contributed by atoms with E-state index in [1.54, 1.807) is 6.07 Å². The summed E-state index contributed by atoms with van der Waals surface area (Å²) in [6, 6.07) is 12.2. The van der Waals surface area contributed by atoms with Gasteiger partial charge in [-0.1, -0.05) is 25.1 Å². The molecular weight excluding hydrogens is 279 g/mol. The van der Waals surface area contributed by atoms with Crippen LogP contribution in [0.4, 0.5) is 10.1 Å². The van der Waals surface area contributed by atoms with Crippen molar-refractivity contribution in [1.29, 1.82) is 0 Å². The number of para-hydroxylation sites is 1. The van der Waals surface area contributed by atoms with E-state index in [-0.39, 0.29) is 11.7 Å². The van der Waals surface area contributed by atoms with E-state index in [1.165, 1.54) is 12.1 Å². The SMILES string of the molecule is CCc1ccccc1NC(=O)c1[nH]c2cc(F)ccc2c1C. The Morgan fingerprint density at radius 2 is 2.00 bits per heavy atom. The molecule has 0 saturated heterocycles. The van der Waals surface area contributed by atoms with Crippen LogP contribution in [0.3, 0.4) is 0 Å². The Morgan fingerprint density at radius 1 is 1.23 bits per heavy atom. The predicted octanol–water partition coefficient (Wildman–Crippen LogP) is 4.43. The molecule has 3 rings (SSSR count). The van der Waals surface area contributed by atoms with Gasteiger partial charge in [0.05, 0.1) is 0 Å². The van der Waals surface area contributed by atoms with Crippen LogP contribution >= 0.6 is 0 Å². The summed E-state index contributed by atoms with van der Waals surface area (Å²) in [6.45, 7) is 3.90. The van der Waals surface area contributed by atoms with Crippen LogP contribution in [0.15, 0.2) is 42.5 Å². The van der Waals surface area contributed by atoms with Gasteiger partial charge in [0.2, 0.25) is 0 Å². The number of hydrogen-bond donors (Lipinski definition) is 2. The van der Waals surface area contributed by atoms with Crippen LogP contribution in [0.25, 0.3) is 10.9 Å². The van der Waals surface area contributed by atoms with Crippen molar-refractivity contribution in [1.82, 2.24) is 4.98 Å². The van der Waals surface area contributed by atoms with E-state index in [2.05, 4.69) is 10.3 Å². The number of carbonyl (C=O) groups is 1. The number of fused-ring (bicyclic) bond motifs is 1. The number of hydrogen-bond acceptors (Lipinski definition) is 1. The number of H-pyrrole nitrogens is 1. The first-order valence-corrected chi connectivity index (χ1v) is 7.27. The van der Waals surface area contributed by atoms with Gasteiger partial charge in [-0.3, -0.25) is 4.79 Å². The van der Waals surface area contributed by atoms with Crippen molar-refractivity contribution in [2.45, 2.75) is 20.3 Å². The number of benzene rings is 2. The van der Waals surface area contributed by atoms with Crippen molar-refractivity contribution in [2.24, 2.45) is 0 Å². The molecule has 3 aromatic rings. The molecule has 0 atom stereocenters. The molecule has 2 N–H and O–H groups in total. The zero-order valence-corrected chi connectivity index (χ0v) is 12.5. The largest absolute Gasteiger partial charge is 0.350 e. The predicted molar refractivity (Wildman–Crippen MR) is 86.8 cm³/mol. The molecule has 1 heterocycles. The van der Waals surface area contributed by atoms with Gasteiger partial charge in [-0.2, -0.15) is 0 Å². The summed E-state index contributed by atoms with van der Waals surface area (Å²) in [5.41, 5.74) is 3.80. The van der Waals surface area contributed by atoms with Crippen LogP contribution in [0.5, 0.6) is 0 Å². The minimum absolute atomic E-state index is 0.213. The van der Waals surface area contributed by atoms with Crippen molar-refractivity contribution in [3.63, 3.8) is 0 Å². The summed E-state index contributed by atoms with van der Waals surface area (Å²) in [4.78, 5) is 15.5. The Morgan fingerprint density at radius 3 is 2.77 bits per heavy atom. The molecule has 0 aliphatic rings. The molecule has 0 aliphatic heterocycles. The van der Waals surface area contributed by atoms with Crippen LogP contribution in [0.2, 0.25) is 0 Å². The Bertz CT molecular complexity index is 851. The standard InChI is InChI=1S/C18H17FN2O/c1-3-12-6-4-5-7-15(12)21-18(22)17-11(2)14-9-8-13(19)10-16(14)20-17/h4-10,20H,3H2,1-2H3,(H,21,22). The Hall–Kier alpha value is -2.62. The summed E-state index contributed by atoms with van der Waals surface area (Å²) in [5, 5.41) is 3.79. The zero-order chi connectivity index (χ0) is 15.7. The molecule has 0 radical (unpaired) electrons. The quantitative estimate of drug-likeness (QED) is 0.738. The monoisotopic (exact) mass is 296 g/mol. The number of rotatable bonds is 3. The minimum Gasteiger partial charge on any atom is -0.350 e. The van der Waals surface area contributed by atoms with E-state index in [0.717, 1.165) is 28.6 Å². The third kappa shape index (κ3) is 2.48. The number of aryl methyl sites for hydroxylation is 2. The van der Waals surface area contributed by atoms with Crippen LogP contribution in [0.1, 0.15) is 28.5 Å². The zero-order valence-electron chi connectivity index (χ0n) is 12.5. The highest BCUT2D eigenvalue weighted by Crippen LogP contribution is 2.24. The van der Waals surface area contributed by atoms with Gasteiger partial charge in [-0.25, -0.2) is 4.39 Å². The molecule has 3 nitrogen and oxygen atoms in total. The molecule has 0 spiro atoms. The molecule has 0 bridgehead atoms. The lowest BCUT2D eigenvalue weighted by molar-refractivity contribution is 0.102. The van der Waals surface area contributed by atoms with E-state index in [9.17, 15) is 9.18 Å². The molecule has 0 saturated carbocycles. The summed E-state index contributed by atoms with van der Waals surface area (Å²) in [6.07, 6.45) is 0.841. The van der Waals surface area contributed by atoms with Gasteiger partial charge in [0.15, 0.2) is 0 Å². The minimum atomic E-state index is -0.322. The second-order valence-corrected chi connectivity index (χ2v) is 5.28. The van der Waals surface area contributed by atoms with Gasteiger partial charge >= 0.3 is 0 Å². The molecule has 2 aromatic carbocycles. The van der Waals surface area contributed by atoms with Crippen molar-refractivity contribution in [3.8, 4) is 0 Å². The van der Waals surface area contributed by atoms with Crippen LogP contribution in [0, 0.1) is 12.7 Å². The first-order chi connectivity index (χ1) is 10.6. The van der Waals surface area contributed by atoms with Gasteiger partial charge in [0, 0.05) is 16.6 Å². The number of nitrogens with one attached hydrogen (secondary N) is 2. The summed E-state index contributed by atoms with van der Waals surface area (Å²) < 4.78 is 13.3. The van der Waals surface area contributed by atoms with Gasteiger partial charge in [-0.05, 0) is 48.7 Å². The molecule has 0 aliphatic carbocycles. The van der Waals surface area contributed by atoms with E-state index < -0.39 is 0 Å². The first-order valence-electron chi connectivity index (χ1n) is 7.27. The Labute approximate surface area is 128 Å². The van der Waals surface area contributed by atoms with Crippen molar-refractivity contribution in [3.05, 3.63) is 65.1 Å². The molecule has 22 heavy (non-hydrogen) atoms. The fourth-order valence-electron chi connectivity index (χ4n) is 2.67. The number of aromatic amines is 1. The van der Waals surface area contributed by atoms with E-state index in [4.69, 9.17) is 0 Å². The third-order valence-electron chi connectivity index (χ3n) is 3.89. The highest BCUT2D eigenvalue weighted by Gasteiger charge is 2.16. The number of amides is 1. The maximum Gasteiger partial charge on any atom is 0.272 e. The Balaban J connectivity index is 1.97. The smallest absolute Gasteiger partial charge is 0.272 e. The van der Waals surface area contributed by atoms with Crippen molar-refractivity contribution in [2.75, 3.05) is 5.32 Å². The molecule has 0 fully saturated rings. The first kappa shape index (κ1) is 14.3. The van der Waals surface area contributed by atoms with E-state index in [0.29, 0.717) is 11.2 Å². The molecule has 112 valence electrons. The molecule has 4 heteroatoms. The number of halogens is 1. The number of anilines is 1. The van der Waals surface area contributed by atoms with Gasteiger partial charge in [-0.15, -0.1) is 0 Å².